The van der Waals surface area contributed by atoms with Crippen LogP contribution in [-0.2, 0) is 0 Å². The largest absolute Gasteiger partial charge is 1.00 e. The fourth-order valence-corrected chi connectivity index (χ4v) is 0. The minimum atomic E-state index is 0. The molecule has 0 spiro atoms. The van der Waals surface area contributed by atoms with Crippen LogP contribution in [-0.4, -0.2) is 13.2 Å². The number of nitriles is 1. The molecule has 0 N–H and O–H groups in total. The Labute approximate surface area is 76.7 Å². The zero-order chi connectivity index (χ0) is 5.41. The summed E-state index contributed by atoms with van der Waals surface area (Å²) >= 11 is 9.53. The van der Waals surface area contributed by atoms with E-state index in [1.54, 1.807) is 0 Å². The predicted octanol–water partition coefficient (Wildman–Crippen LogP) is -2.74. The first-order valence-electron chi connectivity index (χ1n) is 0.758. The van der Waals surface area contributed by atoms with Crippen LogP contribution in [0.3, 0.4) is 0 Å². The van der Waals surface area contributed by atoms with Crippen molar-refractivity contribution >= 4 is 31.0 Å². The molecule has 0 rings (SSSR count). The van der Waals surface area contributed by atoms with Gasteiger partial charge in [-0.15, -0.1) is 23.2 Å². The van der Waals surface area contributed by atoms with Crippen molar-refractivity contribution in [1.82, 2.24) is 0 Å². The van der Waals surface area contributed by atoms with Crippen LogP contribution in [0.25, 0.3) is 0 Å². The van der Waals surface area contributed by atoms with E-state index in [1.807, 2.05) is 5.97 Å². The molecule has 0 aliphatic heterocycles. The van der Waals surface area contributed by atoms with Crippen molar-refractivity contribution in [2.24, 2.45) is 0 Å². The minimum Gasteiger partial charge on any atom is -0.251 e. The molecule has 0 heterocycles. The number of rotatable bonds is 0. The number of hydrogen-bond acceptors (Lipinski definition) is 1. The second-order valence-electron chi connectivity index (χ2n) is 0.101. The first-order valence-corrected chi connectivity index (χ1v) is 1.83. The predicted molar refractivity (Wildman–Crippen MR) is 32.1 cm³/mol. The Bertz CT molecular complexity index is 45.4. The molecule has 0 atom stereocenters. The second kappa shape index (κ2) is 27.3. The SMILES string of the molecule is ClCCl.[BH3-]C#N.[Na+]. The third-order valence-corrected chi connectivity index (χ3v) is 0. The first-order chi connectivity index (χ1) is 2.83. The molecule has 0 aliphatic rings. The molecular weight excluding hydrogens is 143 g/mol. The third kappa shape index (κ3) is 146. The number of alkyl halides is 2. The molecular formula is C2H5BCl2NNa. The van der Waals surface area contributed by atoms with E-state index in [4.69, 9.17) is 28.5 Å². The van der Waals surface area contributed by atoms with Gasteiger partial charge in [-0.1, -0.05) is 0 Å². The number of halogens is 2. The van der Waals surface area contributed by atoms with Gasteiger partial charge in [0.05, 0.1) is 13.2 Å². The van der Waals surface area contributed by atoms with Crippen LogP contribution in [0.4, 0.5) is 0 Å². The molecule has 7 heavy (non-hydrogen) atoms. The van der Waals surface area contributed by atoms with Gasteiger partial charge >= 0.3 is 29.6 Å². The van der Waals surface area contributed by atoms with Gasteiger partial charge < -0.3 is 0 Å². The van der Waals surface area contributed by atoms with Gasteiger partial charge in [-0.25, -0.2) is 0 Å². The summed E-state index contributed by atoms with van der Waals surface area (Å²) < 4.78 is 0. The summed E-state index contributed by atoms with van der Waals surface area (Å²) in [6.45, 7) is 0. The summed E-state index contributed by atoms with van der Waals surface area (Å²) in [4.78, 5) is 0. The Balaban J connectivity index is -0.0000000400. The van der Waals surface area contributed by atoms with E-state index in [2.05, 4.69) is 0 Å². The molecule has 0 saturated heterocycles. The Hall–Kier alpha value is 1.13. The minimum absolute atomic E-state index is 0. The Kier molecular flexibility index (Phi) is 61.3. The Morgan fingerprint density at radius 2 is 1.57 bits per heavy atom. The maximum Gasteiger partial charge on any atom is 1.00 e. The molecule has 0 fully saturated rings. The molecule has 1 nitrogen and oxygen atoms in total. The molecule has 0 aromatic carbocycles. The van der Waals surface area contributed by atoms with Crippen molar-refractivity contribution in [3.63, 3.8) is 0 Å². The van der Waals surface area contributed by atoms with Gasteiger partial charge in [-0.3, -0.25) is 5.26 Å². The smallest absolute Gasteiger partial charge is 0.251 e. The zero-order valence-electron chi connectivity index (χ0n) is 3.41. The summed E-state index contributed by atoms with van der Waals surface area (Å²) in [5.74, 6) is 2.00. The molecule has 36 valence electrons. The molecule has 5 heteroatoms. The van der Waals surface area contributed by atoms with E-state index in [9.17, 15) is 0 Å². The van der Waals surface area contributed by atoms with Crippen LogP contribution in [0.15, 0.2) is 0 Å². The maximum atomic E-state index is 7.43. The van der Waals surface area contributed by atoms with Crippen LogP contribution in [0.1, 0.15) is 0 Å². The van der Waals surface area contributed by atoms with Gasteiger partial charge in [-0.2, -0.15) is 5.97 Å². The molecule has 0 aromatic heterocycles. The van der Waals surface area contributed by atoms with Gasteiger partial charge in [0.15, 0.2) is 0 Å². The van der Waals surface area contributed by atoms with Crippen molar-refractivity contribution in [1.29, 1.82) is 5.26 Å². The van der Waals surface area contributed by atoms with Gasteiger partial charge in [0.2, 0.25) is 0 Å². The third-order valence-electron chi connectivity index (χ3n) is 0. The Morgan fingerprint density at radius 1 is 1.57 bits per heavy atom. The monoisotopic (exact) mass is 147 g/mol. The van der Waals surface area contributed by atoms with E-state index < -0.39 is 0 Å². The fraction of sp³-hybridized carbons (Fsp3) is 0.500. The van der Waals surface area contributed by atoms with Crippen LogP contribution in [0.5, 0.6) is 0 Å². The topological polar surface area (TPSA) is 23.8 Å². The van der Waals surface area contributed by atoms with Crippen molar-refractivity contribution in [3.05, 3.63) is 0 Å². The van der Waals surface area contributed by atoms with Crippen LogP contribution in [0.2, 0.25) is 0 Å². The Morgan fingerprint density at radius 3 is 1.57 bits per heavy atom. The summed E-state index contributed by atoms with van der Waals surface area (Å²) in [5.41, 5.74) is 0. The van der Waals surface area contributed by atoms with E-state index in [1.165, 1.54) is 0 Å². The van der Waals surface area contributed by atoms with E-state index in [0.717, 1.165) is 0 Å². The summed E-state index contributed by atoms with van der Waals surface area (Å²) in [6, 6.07) is 0. The van der Waals surface area contributed by atoms with Gasteiger partial charge in [0, 0.05) is 0 Å². The van der Waals surface area contributed by atoms with Crippen molar-refractivity contribution in [2.45, 2.75) is 0 Å². The van der Waals surface area contributed by atoms with Gasteiger partial charge in [-0.05, 0) is 0 Å². The molecule has 0 amide bonds. The number of hydrogen-bond donors (Lipinski definition) is 0. The van der Waals surface area contributed by atoms with Crippen LogP contribution >= 0.6 is 23.2 Å². The van der Waals surface area contributed by atoms with Crippen LogP contribution in [0, 0.1) is 11.2 Å². The van der Waals surface area contributed by atoms with E-state index >= 15 is 0 Å². The fourth-order valence-electron chi connectivity index (χ4n) is 0. The maximum absolute atomic E-state index is 7.43. The average Bonchev–Trinajstić information content (AvgIpc) is 1.39. The zero-order valence-corrected chi connectivity index (χ0v) is 6.92. The van der Waals surface area contributed by atoms with E-state index in [-0.39, 0.29) is 42.7 Å². The van der Waals surface area contributed by atoms with Crippen molar-refractivity contribution in [3.8, 4) is 5.97 Å². The summed E-state index contributed by atoms with van der Waals surface area (Å²) in [7, 11) is 0.0694. The quantitative estimate of drug-likeness (QED) is 0.270. The number of nitrogens with zero attached hydrogens (tertiary/aromatic N) is 1. The normalized spacial score (nSPS) is 3.71. The van der Waals surface area contributed by atoms with Gasteiger partial charge in [0.25, 0.3) is 0 Å². The van der Waals surface area contributed by atoms with Crippen molar-refractivity contribution < 1.29 is 29.6 Å². The van der Waals surface area contributed by atoms with Crippen LogP contribution < -0.4 is 29.6 Å². The average molecular weight is 148 g/mol. The standard InChI is InChI=1S/CH3BN.CH2Cl2.Na/c2*2-1-3;/h2H3;1H2;/q-1;;+1. The van der Waals surface area contributed by atoms with Gasteiger partial charge in [0.1, 0.15) is 0 Å². The molecule has 0 saturated carbocycles. The van der Waals surface area contributed by atoms with E-state index in [0.29, 0.717) is 0 Å². The second-order valence-corrected chi connectivity index (χ2v) is 0.909. The first kappa shape index (κ1) is 15.7. The van der Waals surface area contributed by atoms with Crippen molar-refractivity contribution in [2.75, 3.05) is 5.34 Å². The summed E-state index contributed by atoms with van der Waals surface area (Å²) in [5, 5.41) is 7.62. The molecule has 0 aromatic rings. The molecule has 0 unspecified atom stereocenters. The molecule has 0 bridgehead atoms. The molecule has 0 aliphatic carbocycles. The summed E-state index contributed by atoms with van der Waals surface area (Å²) in [6.07, 6.45) is 0. The molecule has 0 radical (unpaired) electrons.